The lowest BCUT2D eigenvalue weighted by Crippen LogP contribution is -2.53. The van der Waals surface area contributed by atoms with Gasteiger partial charge in [-0.1, -0.05) is 70.0 Å². The third-order valence-corrected chi connectivity index (χ3v) is 7.14. The van der Waals surface area contributed by atoms with Gasteiger partial charge in [-0.25, -0.2) is 0 Å². The van der Waals surface area contributed by atoms with E-state index in [-0.39, 0.29) is 21.8 Å². The Morgan fingerprint density at radius 2 is 2.17 bits per heavy atom. The first-order valence-electron chi connectivity index (χ1n) is 6.34. The minimum atomic E-state index is -0.334. The van der Waals surface area contributed by atoms with E-state index in [0.717, 1.165) is 12.8 Å². The van der Waals surface area contributed by atoms with Crippen molar-refractivity contribution < 1.29 is 5.11 Å². The molecule has 3 heteroatoms. The molecular weight excluding hydrogens is 356 g/mol. The molecule has 1 fully saturated rings. The van der Waals surface area contributed by atoms with Crippen LogP contribution in [0.5, 0.6) is 0 Å². The van der Waals surface area contributed by atoms with Crippen molar-refractivity contribution in [2.45, 2.75) is 44.0 Å². The second-order valence-electron chi connectivity index (χ2n) is 5.99. The van der Waals surface area contributed by atoms with Crippen molar-refractivity contribution in [3.63, 3.8) is 0 Å². The van der Waals surface area contributed by atoms with Crippen LogP contribution < -0.4 is 0 Å². The maximum Gasteiger partial charge on any atom is 0.0708 e. The molecule has 1 spiro atoms. The van der Waals surface area contributed by atoms with Crippen LogP contribution in [-0.4, -0.2) is 16.0 Å². The highest BCUT2D eigenvalue weighted by molar-refractivity contribution is 9.11. The maximum absolute atomic E-state index is 10.1. The Morgan fingerprint density at radius 1 is 1.50 bits per heavy atom. The van der Waals surface area contributed by atoms with E-state index in [4.69, 9.17) is 0 Å². The summed E-state index contributed by atoms with van der Waals surface area (Å²) in [5.74, 6) is 0. The highest BCUT2D eigenvalue weighted by Gasteiger charge is 2.54. The molecule has 1 nitrogen and oxygen atoms in total. The number of rotatable bonds is 0. The fourth-order valence-electron chi connectivity index (χ4n) is 3.40. The van der Waals surface area contributed by atoms with Gasteiger partial charge in [0, 0.05) is 10.2 Å². The predicted octanol–water partition coefficient (Wildman–Crippen LogP) is 4.71. The predicted molar refractivity (Wildman–Crippen MR) is 84.1 cm³/mol. The molecule has 0 aromatic rings. The monoisotopic (exact) mass is 374 g/mol. The SMILES string of the molecule is C=C1C[C@@H](O)[C@@H](Br)C(C)(C)[C@]12C=C/C(=C/Br)CC2. The fraction of sp³-hybridized carbons (Fsp3) is 0.600. The summed E-state index contributed by atoms with van der Waals surface area (Å²) < 4.78 is 0. The first-order chi connectivity index (χ1) is 8.35. The van der Waals surface area contributed by atoms with Gasteiger partial charge < -0.3 is 5.11 Å². The lowest BCUT2D eigenvalue weighted by Gasteiger charge is -2.55. The highest BCUT2D eigenvalue weighted by Crippen LogP contribution is 2.60. The summed E-state index contributed by atoms with van der Waals surface area (Å²) in [6.07, 6.45) is 6.98. The highest BCUT2D eigenvalue weighted by atomic mass is 79.9. The Hall–Kier alpha value is 0.140. The largest absolute Gasteiger partial charge is 0.392 e. The van der Waals surface area contributed by atoms with Gasteiger partial charge in [-0.2, -0.15) is 0 Å². The van der Waals surface area contributed by atoms with Gasteiger partial charge in [0.2, 0.25) is 0 Å². The summed E-state index contributed by atoms with van der Waals surface area (Å²) in [5.41, 5.74) is 2.46. The average Bonchev–Trinajstić information content (AvgIpc) is 2.35. The summed E-state index contributed by atoms with van der Waals surface area (Å²) in [5, 5.41) is 10.1. The number of hydrogen-bond donors (Lipinski definition) is 1. The molecule has 18 heavy (non-hydrogen) atoms. The molecule has 2 aliphatic rings. The molecule has 2 rings (SSSR count). The van der Waals surface area contributed by atoms with Crippen LogP contribution in [0.1, 0.15) is 33.1 Å². The quantitative estimate of drug-likeness (QED) is 0.480. The van der Waals surface area contributed by atoms with Gasteiger partial charge in [-0.05, 0) is 35.2 Å². The number of aliphatic hydroxyl groups is 1. The molecule has 0 bridgehead atoms. The van der Waals surface area contributed by atoms with Gasteiger partial charge in [0.05, 0.1) is 6.10 Å². The molecule has 0 saturated heterocycles. The minimum absolute atomic E-state index is 0.0000926. The van der Waals surface area contributed by atoms with Gasteiger partial charge in [0.1, 0.15) is 0 Å². The number of allylic oxidation sites excluding steroid dienone is 3. The van der Waals surface area contributed by atoms with Gasteiger partial charge >= 0.3 is 0 Å². The number of alkyl halides is 1. The van der Waals surface area contributed by atoms with E-state index >= 15 is 0 Å². The smallest absolute Gasteiger partial charge is 0.0708 e. The Kier molecular flexibility index (Phi) is 3.97. The third kappa shape index (κ3) is 1.99. The van der Waals surface area contributed by atoms with Crippen molar-refractivity contribution in [1.29, 1.82) is 0 Å². The molecule has 0 heterocycles. The molecule has 0 unspecified atom stereocenters. The van der Waals surface area contributed by atoms with E-state index in [1.165, 1.54) is 11.1 Å². The molecule has 0 aliphatic heterocycles. The zero-order valence-corrected chi connectivity index (χ0v) is 14.1. The maximum atomic E-state index is 10.1. The summed E-state index contributed by atoms with van der Waals surface area (Å²) in [4.78, 5) is 2.10. The molecule has 1 saturated carbocycles. The van der Waals surface area contributed by atoms with Crippen LogP contribution in [0, 0.1) is 10.8 Å². The zero-order chi connectivity index (χ0) is 13.6. The number of aliphatic hydroxyl groups excluding tert-OH is 1. The molecule has 0 radical (unpaired) electrons. The van der Waals surface area contributed by atoms with E-state index in [2.05, 4.69) is 64.4 Å². The van der Waals surface area contributed by atoms with Crippen molar-refractivity contribution in [1.82, 2.24) is 0 Å². The second kappa shape index (κ2) is 4.92. The third-order valence-electron chi connectivity index (χ3n) is 4.79. The van der Waals surface area contributed by atoms with Crippen LogP contribution in [0.25, 0.3) is 0 Å². The lowest BCUT2D eigenvalue weighted by atomic mass is 9.52. The lowest BCUT2D eigenvalue weighted by molar-refractivity contribution is 0.0288. The van der Waals surface area contributed by atoms with Crippen molar-refractivity contribution in [2.24, 2.45) is 10.8 Å². The van der Waals surface area contributed by atoms with E-state index in [1.807, 2.05) is 4.99 Å². The average molecular weight is 376 g/mol. The van der Waals surface area contributed by atoms with E-state index in [0.29, 0.717) is 6.42 Å². The van der Waals surface area contributed by atoms with Crippen LogP contribution in [0.15, 0.2) is 34.9 Å². The second-order valence-corrected chi connectivity index (χ2v) is 7.43. The Morgan fingerprint density at radius 3 is 2.67 bits per heavy atom. The van der Waals surface area contributed by atoms with Gasteiger partial charge in [0.25, 0.3) is 0 Å². The van der Waals surface area contributed by atoms with Crippen LogP contribution in [0.3, 0.4) is 0 Å². The molecule has 0 aromatic heterocycles. The fourth-order valence-corrected chi connectivity index (χ4v) is 4.38. The van der Waals surface area contributed by atoms with Crippen molar-refractivity contribution in [3.8, 4) is 0 Å². The minimum Gasteiger partial charge on any atom is -0.392 e. The number of halogens is 2. The summed E-state index contributed by atoms with van der Waals surface area (Å²) >= 11 is 7.10. The van der Waals surface area contributed by atoms with E-state index < -0.39 is 0 Å². The first kappa shape index (κ1) is 14.5. The zero-order valence-electron chi connectivity index (χ0n) is 10.9. The van der Waals surface area contributed by atoms with Crippen LogP contribution >= 0.6 is 31.9 Å². The molecule has 2 aliphatic carbocycles. The summed E-state index contributed by atoms with van der Waals surface area (Å²) in [7, 11) is 0. The van der Waals surface area contributed by atoms with Crippen LogP contribution in [0.4, 0.5) is 0 Å². The van der Waals surface area contributed by atoms with Crippen molar-refractivity contribution in [2.75, 3.05) is 0 Å². The Bertz CT molecular complexity index is 422. The molecule has 3 atom stereocenters. The van der Waals surface area contributed by atoms with Gasteiger partial charge in [0.15, 0.2) is 0 Å². The van der Waals surface area contributed by atoms with E-state index in [9.17, 15) is 5.11 Å². The van der Waals surface area contributed by atoms with Crippen LogP contribution in [0.2, 0.25) is 0 Å². The summed E-state index contributed by atoms with van der Waals surface area (Å²) in [6, 6.07) is 0. The van der Waals surface area contributed by atoms with Crippen molar-refractivity contribution >= 4 is 31.9 Å². The Balaban J connectivity index is 2.45. The normalized spacial score (nSPS) is 41.6. The van der Waals surface area contributed by atoms with Crippen LogP contribution in [-0.2, 0) is 0 Å². The molecule has 0 amide bonds. The topological polar surface area (TPSA) is 20.2 Å². The van der Waals surface area contributed by atoms with Gasteiger partial charge in [-0.15, -0.1) is 0 Å². The van der Waals surface area contributed by atoms with E-state index in [1.54, 1.807) is 0 Å². The van der Waals surface area contributed by atoms with Crippen molar-refractivity contribution in [3.05, 3.63) is 34.9 Å². The Labute approximate surface area is 126 Å². The molecule has 1 N–H and O–H groups in total. The summed E-state index contributed by atoms with van der Waals surface area (Å²) in [6.45, 7) is 8.72. The number of hydrogen-bond acceptors (Lipinski definition) is 1. The first-order valence-corrected chi connectivity index (χ1v) is 8.17. The standard InChI is InChI=1S/C15H20Br2O/c1-10-8-12(18)13(17)14(2,3)15(10)6-4-11(9-16)5-7-15/h4,6,9,12-13,18H,1,5,7-8H2,2-3H3/b11-9-/t12-,13-,15+/m1/s1. The molecular formula is C15H20Br2O. The molecule has 0 aromatic carbocycles. The molecule has 100 valence electrons. The van der Waals surface area contributed by atoms with Gasteiger partial charge in [-0.3, -0.25) is 0 Å².